The number of carbonyl (C=O) groups is 1. The zero-order chi connectivity index (χ0) is 22.5. The molecule has 6 nitrogen and oxygen atoms in total. The summed E-state index contributed by atoms with van der Waals surface area (Å²) in [5, 5.41) is 2.91. The molecule has 166 valence electrons. The molecule has 2 aromatic heterocycles. The number of nitrogens with one attached hydrogen (secondary N) is 1. The van der Waals surface area contributed by atoms with Crippen LogP contribution in [0.1, 0.15) is 47.7 Å². The first-order chi connectivity index (χ1) is 15.5. The number of carbonyl (C=O) groups excluding carboxylic acids is 1. The van der Waals surface area contributed by atoms with Crippen LogP contribution in [0.4, 0.5) is 10.3 Å². The predicted molar refractivity (Wildman–Crippen MR) is 123 cm³/mol. The van der Waals surface area contributed by atoms with Crippen molar-refractivity contribution in [3.63, 3.8) is 0 Å². The van der Waals surface area contributed by atoms with Crippen molar-refractivity contribution >= 4 is 11.9 Å². The minimum absolute atomic E-state index is 0.0976. The van der Waals surface area contributed by atoms with Gasteiger partial charge in [0.2, 0.25) is 5.95 Å². The number of benzene rings is 1. The number of amides is 1. The Morgan fingerprint density at radius 2 is 1.81 bits per heavy atom. The summed E-state index contributed by atoms with van der Waals surface area (Å²) in [5.41, 5.74) is 3.29. The Labute approximate surface area is 187 Å². The van der Waals surface area contributed by atoms with E-state index in [1.165, 1.54) is 12.1 Å². The van der Waals surface area contributed by atoms with Gasteiger partial charge in [-0.2, -0.15) is 0 Å². The number of pyridine rings is 1. The number of hydrogen-bond donors (Lipinski definition) is 1. The van der Waals surface area contributed by atoms with Crippen molar-refractivity contribution in [2.75, 3.05) is 25.5 Å². The third-order valence-electron chi connectivity index (χ3n) is 6.10. The van der Waals surface area contributed by atoms with Crippen LogP contribution in [0.2, 0.25) is 0 Å². The van der Waals surface area contributed by atoms with Gasteiger partial charge in [-0.25, -0.2) is 14.4 Å². The van der Waals surface area contributed by atoms with E-state index in [0.29, 0.717) is 24.3 Å². The van der Waals surface area contributed by atoms with Gasteiger partial charge in [-0.1, -0.05) is 12.1 Å². The zero-order valence-corrected chi connectivity index (χ0v) is 18.5. The van der Waals surface area contributed by atoms with Gasteiger partial charge >= 0.3 is 0 Å². The molecule has 7 heteroatoms. The van der Waals surface area contributed by atoms with Crippen molar-refractivity contribution in [1.29, 1.82) is 0 Å². The summed E-state index contributed by atoms with van der Waals surface area (Å²) in [7, 11) is 3.89. The Hall–Kier alpha value is -3.35. The van der Waals surface area contributed by atoms with E-state index in [0.717, 1.165) is 42.5 Å². The van der Waals surface area contributed by atoms with Crippen LogP contribution in [0.5, 0.6) is 0 Å². The largest absolute Gasteiger partial charge is 0.352 e. The molecule has 1 saturated carbocycles. The van der Waals surface area contributed by atoms with Crippen LogP contribution in [0, 0.1) is 11.7 Å². The summed E-state index contributed by atoms with van der Waals surface area (Å²) in [6, 6.07) is 10.1. The lowest BCUT2D eigenvalue weighted by atomic mass is 9.79. The van der Waals surface area contributed by atoms with Crippen LogP contribution < -0.4 is 10.2 Å². The molecule has 1 aliphatic carbocycles. The summed E-state index contributed by atoms with van der Waals surface area (Å²) in [6.45, 7) is 0.559. The Balaban J connectivity index is 1.43. The van der Waals surface area contributed by atoms with Gasteiger partial charge in [0.1, 0.15) is 5.82 Å². The monoisotopic (exact) mass is 433 g/mol. The maximum Gasteiger partial charge on any atom is 0.254 e. The van der Waals surface area contributed by atoms with Crippen LogP contribution in [0.15, 0.2) is 55.0 Å². The number of nitrogens with zero attached hydrogens (tertiary/aromatic N) is 4. The molecule has 0 aliphatic heterocycles. The quantitative estimate of drug-likeness (QED) is 0.622. The highest BCUT2D eigenvalue weighted by atomic mass is 19.1. The molecule has 1 N–H and O–H groups in total. The second-order valence-electron chi connectivity index (χ2n) is 8.51. The number of rotatable bonds is 6. The van der Waals surface area contributed by atoms with Gasteiger partial charge in [-0.3, -0.25) is 9.78 Å². The van der Waals surface area contributed by atoms with Crippen molar-refractivity contribution in [2.45, 2.75) is 31.6 Å². The first kappa shape index (κ1) is 21.9. The first-order valence-electron chi connectivity index (χ1n) is 11.0. The van der Waals surface area contributed by atoms with Crippen LogP contribution >= 0.6 is 0 Å². The molecule has 0 atom stereocenters. The van der Waals surface area contributed by atoms with Crippen molar-refractivity contribution in [2.24, 2.45) is 5.92 Å². The molecular weight excluding hydrogens is 405 g/mol. The van der Waals surface area contributed by atoms with E-state index in [2.05, 4.69) is 15.3 Å². The molecule has 0 bridgehead atoms. The lowest BCUT2D eigenvalue weighted by Crippen LogP contribution is -2.31. The van der Waals surface area contributed by atoms with E-state index in [-0.39, 0.29) is 11.5 Å². The third-order valence-corrected chi connectivity index (χ3v) is 6.10. The average molecular weight is 434 g/mol. The first-order valence-corrected chi connectivity index (χ1v) is 11.0. The highest BCUT2D eigenvalue weighted by Gasteiger charge is 2.27. The van der Waals surface area contributed by atoms with E-state index in [9.17, 15) is 9.18 Å². The maximum atomic E-state index is 13.8. The van der Waals surface area contributed by atoms with E-state index in [1.807, 2.05) is 37.3 Å². The minimum Gasteiger partial charge on any atom is -0.352 e. The summed E-state index contributed by atoms with van der Waals surface area (Å²) in [6.07, 6.45) is 9.43. The molecule has 2 heterocycles. The van der Waals surface area contributed by atoms with Gasteiger partial charge in [0.05, 0.1) is 11.3 Å². The second-order valence-corrected chi connectivity index (χ2v) is 8.51. The molecule has 1 fully saturated rings. The smallest absolute Gasteiger partial charge is 0.254 e. The second kappa shape index (κ2) is 9.85. The topological polar surface area (TPSA) is 71.0 Å². The SMILES string of the molecule is CN(C)c1ncc(-c2ccncc2)c(C2CCC(CNC(=O)c3ccccc3F)CC2)n1. The molecule has 4 rings (SSSR count). The maximum absolute atomic E-state index is 13.8. The number of hydrogen-bond acceptors (Lipinski definition) is 5. The van der Waals surface area contributed by atoms with E-state index in [4.69, 9.17) is 4.98 Å². The highest BCUT2D eigenvalue weighted by Crippen LogP contribution is 2.39. The summed E-state index contributed by atoms with van der Waals surface area (Å²) in [4.78, 5) is 27.8. The van der Waals surface area contributed by atoms with Crippen molar-refractivity contribution < 1.29 is 9.18 Å². The highest BCUT2D eigenvalue weighted by molar-refractivity contribution is 5.94. The minimum atomic E-state index is -0.488. The summed E-state index contributed by atoms with van der Waals surface area (Å²) >= 11 is 0. The van der Waals surface area contributed by atoms with Crippen LogP contribution in [0.25, 0.3) is 11.1 Å². The summed E-state index contributed by atoms with van der Waals surface area (Å²) < 4.78 is 13.8. The lowest BCUT2D eigenvalue weighted by molar-refractivity contribution is 0.0939. The molecule has 0 unspecified atom stereocenters. The van der Waals surface area contributed by atoms with Gasteiger partial charge in [0.15, 0.2) is 0 Å². The van der Waals surface area contributed by atoms with Crippen molar-refractivity contribution in [3.05, 3.63) is 72.1 Å². The number of halogens is 1. The third kappa shape index (κ3) is 4.93. The van der Waals surface area contributed by atoms with Gasteiger partial charge < -0.3 is 10.2 Å². The lowest BCUT2D eigenvalue weighted by Gasteiger charge is -2.30. The van der Waals surface area contributed by atoms with Crippen LogP contribution in [-0.4, -0.2) is 41.5 Å². The van der Waals surface area contributed by atoms with Gasteiger partial charge in [-0.15, -0.1) is 0 Å². The van der Waals surface area contributed by atoms with Crippen molar-refractivity contribution in [3.8, 4) is 11.1 Å². The molecule has 32 heavy (non-hydrogen) atoms. The Morgan fingerprint density at radius 3 is 2.50 bits per heavy atom. The molecule has 1 aromatic carbocycles. The number of anilines is 1. The normalized spacial score (nSPS) is 18.2. The van der Waals surface area contributed by atoms with Gasteiger partial charge in [0, 0.05) is 50.7 Å². The fourth-order valence-electron chi connectivity index (χ4n) is 4.28. The van der Waals surface area contributed by atoms with E-state index in [1.54, 1.807) is 24.5 Å². The van der Waals surface area contributed by atoms with Crippen LogP contribution in [-0.2, 0) is 0 Å². The molecule has 0 radical (unpaired) electrons. The van der Waals surface area contributed by atoms with Crippen LogP contribution in [0.3, 0.4) is 0 Å². The molecule has 0 saturated heterocycles. The average Bonchev–Trinajstić information content (AvgIpc) is 2.83. The van der Waals surface area contributed by atoms with Gasteiger partial charge in [0.25, 0.3) is 5.91 Å². The number of aromatic nitrogens is 3. The van der Waals surface area contributed by atoms with Gasteiger partial charge in [-0.05, 0) is 61.4 Å². The van der Waals surface area contributed by atoms with E-state index >= 15 is 0 Å². The molecular formula is C25H28FN5O. The van der Waals surface area contributed by atoms with Crippen molar-refractivity contribution in [1.82, 2.24) is 20.3 Å². The Bertz CT molecular complexity index is 1060. The predicted octanol–water partition coefficient (Wildman–Crippen LogP) is 4.45. The molecule has 3 aromatic rings. The fourth-order valence-corrected chi connectivity index (χ4v) is 4.28. The Kier molecular flexibility index (Phi) is 6.73. The molecule has 1 aliphatic rings. The zero-order valence-electron chi connectivity index (χ0n) is 18.5. The Morgan fingerprint density at radius 1 is 1.09 bits per heavy atom. The molecule has 0 spiro atoms. The fraction of sp³-hybridized carbons (Fsp3) is 0.360. The summed E-state index contributed by atoms with van der Waals surface area (Å²) in [5.74, 6) is 0.575. The van der Waals surface area contributed by atoms with E-state index < -0.39 is 5.82 Å². The molecule has 1 amide bonds. The standard InChI is InChI=1S/C25H28FN5O/c1-31(2)25-29-16-21(18-11-13-27-14-12-18)23(30-25)19-9-7-17(8-10-19)15-28-24(32)20-5-3-4-6-22(20)26/h3-6,11-14,16-17,19H,7-10,15H2,1-2H3,(H,28,32).